The molecule has 0 unspecified atom stereocenters. The van der Waals surface area contributed by atoms with Crippen LogP contribution in [0.15, 0.2) is 24.3 Å². The Labute approximate surface area is 83.3 Å². The SMILES string of the molecule is NC(=O)CCCNc1cccc(N)c1. The quantitative estimate of drug-likeness (QED) is 0.481. The van der Waals surface area contributed by atoms with Crippen LogP contribution in [0.1, 0.15) is 12.8 Å². The minimum Gasteiger partial charge on any atom is -0.399 e. The number of nitrogens with one attached hydrogen (secondary N) is 1. The minimum absolute atomic E-state index is 0.264. The fraction of sp³-hybridized carbons (Fsp3) is 0.300. The average Bonchev–Trinajstić information content (AvgIpc) is 2.12. The van der Waals surface area contributed by atoms with Crippen molar-refractivity contribution in [2.24, 2.45) is 5.73 Å². The van der Waals surface area contributed by atoms with Crippen molar-refractivity contribution in [3.05, 3.63) is 24.3 Å². The number of rotatable bonds is 5. The molecule has 0 fully saturated rings. The Morgan fingerprint density at radius 3 is 2.86 bits per heavy atom. The summed E-state index contributed by atoms with van der Waals surface area (Å²) in [4.78, 5) is 10.4. The number of anilines is 2. The van der Waals surface area contributed by atoms with E-state index < -0.39 is 0 Å². The number of nitrogen functional groups attached to an aromatic ring is 1. The van der Waals surface area contributed by atoms with E-state index in [-0.39, 0.29) is 5.91 Å². The van der Waals surface area contributed by atoms with Crippen LogP contribution in [0, 0.1) is 0 Å². The van der Waals surface area contributed by atoms with Gasteiger partial charge in [-0.15, -0.1) is 0 Å². The lowest BCUT2D eigenvalue weighted by atomic mass is 10.2. The van der Waals surface area contributed by atoms with Crippen molar-refractivity contribution in [3.8, 4) is 0 Å². The molecule has 0 radical (unpaired) electrons. The molecular weight excluding hydrogens is 178 g/mol. The molecule has 4 nitrogen and oxygen atoms in total. The van der Waals surface area contributed by atoms with Crippen LogP contribution >= 0.6 is 0 Å². The van der Waals surface area contributed by atoms with Gasteiger partial charge in [0.05, 0.1) is 0 Å². The normalized spacial score (nSPS) is 9.71. The minimum atomic E-state index is -0.264. The predicted octanol–water partition coefficient (Wildman–Crippen LogP) is 0.946. The van der Waals surface area contributed by atoms with Gasteiger partial charge in [0.15, 0.2) is 0 Å². The van der Waals surface area contributed by atoms with Crippen LogP contribution in [0.25, 0.3) is 0 Å². The molecule has 0 heterocycles. The molecule has 1 aromatic rings. The highest BCUT2D eigenvalue weighted by Crippen LogP contribution is 2.11. The molecule has 0 aliphatic rings. The second-order valence-electron chi connectivity index (χ2n) is 3.12. The highest BCUT2D eigenvalue weighted by Gasteiger charge is 1.95. The summed E-state index contributed by atoms with van der Waals surface area (Å²) in [6.07, 6.45) is 1.15. The predicted molar refractivity (Wildman–Crippen MR) is 57.8 cm³/mol. The van der Waals surface area contributed by atoms with Crippen LogP contribution in [-0.4, -0.2) is 12.5 Å². The third-order valence-electron chi connectivity index (χ3n) is 1.82. The number of carbonyl (C=O) groups is 1. The number of hydrogen-bond donors (Lipinski definition) is 3. The summed E-state index contributed by atoms with van der Waals surface area (Å²) in [5.41, 5.74) is 12.3. The number of hydrogen-bond acceptors (Lipinski definition) is 3. The molecule has 4 heteroatoms. The molecular formula is C10H15N3O. The summed E-state index contributed by atoms with van der Waals surface area (Å²) in [6, 6.07) is 7.49. The van der Waals surface area contributed by atoms with Crippen molar-refractivity contribution in [2.75, 3.05) is 17.6 Å². The molecule has 0 saturated heterocycles. The van der Waals surface area contributed by atoms with Gasteiger partial charge in [0.25, 0.3) is 0 Å². The second kappa shape index (κ2) is 5.11. The van der Waals surface area contributed by atoms with E-state index in [0.717, 1.165) is 24.3 Å². The summed E-state index contributed by atoms with van der Waals surface area (Å²) in [5.74, 6) is -0.264. The van der Waals surface area contributed by atoms with Gasteiger partial charge in [-0.2, -0.15) is 0 Å². The Balaban J connectivity index is 2.28. The maximum atomic E-state index is 10.4. The van der Waals surface area contributed by atoms with Gasteiger partial charge in [0.1, 0.15) is 0 Å². The van der Waals surface area contributed by atoms with Crippen LogP contribution in [0.3, 0.4) is 0 Å². The average molecular weight is 193 g/mol. The Morgan fingerprint density at radius 1 is 1.43 bits per heavy atom. The highest BCUT2D eigenvalue weighted by molar-refractivity contribution is 5.73. The summed E-state index contributed by atoms with van der Waals surface area (Å²) < 4.78 is 0. The van der Waals surface area contributed by atoms with Gasteiger partial charge in [0.2, 0.25) is 5.91 Å². The number of nitrogens with two attached hydrogens (primary N) is 2. The monoisotopic (exact) mass is 193 g/mol. The first-order valence-corrected chi connectivity index (χ1v) is 4.56. The molecule has 0 saturated carbocycles. The first-order chi connectivity index (χ1) is 6.68. The van der Waals surface area contributed by atoms with Crippen molar-refractivity contribution in [3.63, 3.8) is 0 Å². The van der Waals surface area contributed by atoms with Crippen molar-refractivity contribution >= 4 is 17.3 Å². The molecule has 14 heavy (non-hydrogen) atoms. The van der Waals surface area contributed by atoms with Crippen LogP contribution in [0.2, 0.25) is 0 Å². The molecule has 0 bridgehead atoms. The maximum absolute atomic E-state index is 10.4. The zero-order valence-electron chi connectivity index (χ0n) is 7.99. The summed E-state index contributed by atoms with van der Waals surface area (Å²) in [6.45, 7) is 0.729. The molecule has 1 amide bonds. The van der Waals surface area contributed by atoms with Gasteiger partial charge in [-0.3, -0.25) is 4.79 Å². The Morgan fingerprint density at radius 2 is 2.21 bits per heavy atom. The van der Waals surface area contributed by atoms with Gasteiger partial charge in [0, 0.05) is 24.3 Å². The Hall–Kier alpha value is -1.71. The third kappa shape index (κ3) is 3.80. The number of benzene rings is 1. The van der Waals surface area contributed by atoms with Gasteiger partial charge >= 0.3 is 0 Å². The molecule has 0 spiro atoms. The molecule has 0 aromatic heterocycles. The van der Waals surface area contributed by atoms with E-state index in [2.05, 4.69) is 5.32 Å². The molecule has 0 aliphatic carbocycles. The number of primary amides is 1. The number of carbonyl (C=O) groups excluding carboxylic acids is 1. The highest BCUT2D eigenvalue weighted by atomic mass is 16.1. The van der Waals surface area contributed by atoms with Crippen molar-refractivity contribution < 1.29 is 4.79 Å². The summed E-state index contributed by atoms with van der Waals surface area (Å²) in [5, 5.41) is 3.15. The standard InChI is InChI=1S/C10H15N3O/c11-8-3-1-4-9(7-8)13-6-2-5-10(12)14/h1,3-4,7,13H,2,5-6,11H2,(H2,12,14). The first-order valence-electron chi connectivity index (χ1n) is 4.56. The van der Waals surface area contributed by atoms with Gasteiger partial charge in [-0.25, -0.2) is 0 Å². The third-order valence-corrected chi connectivity index (χ3v) is 1.82. The summed E-state index contributed by atoms with van der Waals surface area (Å²) >= 11 is 0. The molecule has 5 N–H and O–H groups in total. The van der Waals surface area contributed by atoms with Crippen LogP contribution in [-0.2, 0) is 4.79 Å². The van der Waals surface area contributed by atoms with Gasteiger partial charge in [-0.1, -0.05) is 6.07 Å². The second-order valence-corrected chi connectivity index (χ2v) is 3.12. The van der Waals surface area contributed by atoms with Crippen molar-refractivity contribution in [1.82, 2.24) is 0 Å². The Kier molecular flexibility index (Phi) is 3.79. The van der Waals surface area contributed by atoms with E-state index in [9.17, 15) is 4.79 Å². The molecule has 0 atom stereocenters. The zero-order valence-corrected chi connectivity index (χ0v) is 7.99. The van der Waals surface area contributed by atoms with Crippen LogP contribution in [0.5, 0.6) is 0 Å². The van der Waals surface area contributed by atoms with E-state index >= 15 is 0 Å². The van der Waals surface area contributed by atoms with Gasteiger partial charge in [-0.05, 0) is 24.6 Å². The molecule has 76 valence electrons. The maximum Gasteiger partial charge on any atom is 0.217 e. The van der Waals surface area contributed by atoms with E-state index in [1.807, 2.05) is 24.3 Å². The van der Waals surface area contributed by atoms with Crippen molar-refractivity contribution in [1.29, 1.82) is 0 Å². The Bertz CT molecular complexity index is 312. The number of amides is 1. The van der Waals surface area contributed by atoms with E-state index in [0.29, 0.717) is 6.42 Å². The van der Waals surface area contributed by atoms with Crippen LogP contribution < -0.4 is 16.8 Å². The largest absolute Gasteiger partial charge is 0.399 e. The zero-order chi connectivity index (χ0) is 10.4. The fourth-order valence-electron chi connectivity index (χ4n) is 1.14. The lowest BCUT2D eigenvalue weighted by Crippen LogP contribution is -2.12. The summed E-state index contributed by atoms with van der Waals surface area (Å²) in [7, 11) is 0. The first kappa shape index (κ1) is 10.4. The lowest BCUT2D eigenvalue weighted by molar-refractivity contribution is -0.118. The molecule has 1 rings (SSSR count). The lowest BCUT2D eigenvalue weighted by Gasteiger charge is -2.05. The van der Waals surface area contributed by atoms with Crippen LogP contribution in [0.4, 0.5) is 11.4 Å². The molecule has 1 aromatic carbocycles. The van der Waals surface area contributed by atoms with E-state index in [1.54, 1.807) is 0 Å². The van der Waals surface area contributed by atoms with Gasteiger partial charge < -0.3 is 16.8 Å². The van der Waals surface area contributed by atoms with Crippen molar-refractivity contribution in [2.45, 2.75) is 12.8 Å². The molecule has 0 aliphatic heterocycles. The smallest absolute Gasteiger partial charge is 0.217 e. The fourth-order valence-corrected chi connectivity index (χ4v) is 1.14. The topological polar surface area (TPSA) is 81.1 Å². The van der Waals surface area contributed by atoms with E-state index in [1.165, 1.54) is 0 Å². The van der Waals surface area contributed by atoms with E-state index in [4.69, 9.17) is 11.5 Å².